The van der Waals surface area contributed by atoms with Crippen LogP contribution in [0.1, 0.15) is 26.7 Å². The summed E-state index contributed by atoms with van der Waals surface area (Å²) in [4.78, 5) is 2.44. The Morgan fingerprint density at radius 1 is 1.05 bits per heavy atom. The van der Waals surface area contributed by atoms with E-state index in [9.17, 15) is 0 Å². The van der Waals surface area contributed by atoms with Crippen LogP contribution < -0.4 is 0 Å². The van der Waals surface area contributed by atoms with E-state index in [0.717, 1.165) is 5.92 Å². The monoisotopic (exact) mass is 256 g/mol. The first-order chi connectivity index (χ1) is 9.09. The lowest BCUT2D eigenvalue weighted by Crippen LogP contribution is -2.42. The Labute approximate surface area is 116 Å². The summed E-state index contributed by atoms with van der Waals surface area (Å²) in [7, 11) is 2.23. The second-order valence-electron chi connectivity index (χ2n) is 6.48. The Morgan fingerprint density at radius 2 is 1.74 bits per heavy atom. The van der Waals surface area contributed by atoms with Crippen LogP contribution in [0.5, 0.6) is 0 Å². The number of benzene rings is 1. The van der Waals surface area contributed by atoms with Crippen molar-refractivity contribution in [2.45, 2.75) is 32.2 Å². The molecule has 19 heavy (non-hydrogen) atoms. The normalized spacial score (nSPS) is 19.1. The van der Waals surface area contributed by atoms with Gasteiger partial charge in [-0.2, -0.15) is 0 Å². The molecule has 0 bridgehead atoms. The predicted octanol–water partition coefficient (Wildman–Crippen LogP) is 3.72. The highest BCUT2D eigenvalue weighted by atomic mass is 15.1. The molecule has 2 aromatic rings. The van der Waals surface area contributed by atoms with Crippen molar-refractivity contribution in [2.24, 2.45) is 5.92 Å². The van der Waals surface area contributed by atoms with E-state index in [-0.39, 0.29) is 5.54 Å². The molecule has 2 heterocycles. The fourth-order valence-electron chi connectivity index (χ4n) is 3.50. The van der Waals surface area contributed by atoms with Crippen LogP contribution in [0.3, 0.4) is 0 Å². The molecular weight excluding hydrogens is 232 g/mol. The van der Waals surface area contributed by atoms with Gasteiger partial charge in [-0.05, 0) is 70.3 Å². The highest BCUT2D eigenvalue weighted by molar-refractivity contribution is 5.80. The van der Waals surface area contributed by atoms with Crippen molar-refractivity contribution in [3.8, 4) is 0 Å². The van der Waals surface area contributed by atoms with Crippen LogP contribution in [0.15, 0.2) is 36.5 Å². The Morgan fingerprint density at radius 3 is 2.47 bits per heavy atom. The van der Waals surface area contributed by atoms with Gasteiger partial charge >= 0.3 is 0 Å². The van der Waals surface area contributed by atoms with Gasteiger partial charge in [0.2, 0.25) is 0 Å². The number of nitrogens with zero attached hydrogens (tertiary/aromatic N) is 2. The number of para-hydroxylation sites is 1. The summed E-state index contributed by atoms with van der Waals surface area (Å²) in [5, 5.41) is 1.35. The maximum Gasteiger partial charge on any atom is 0.0485 e. The fraction of sp³-hybridized carbons (Fsp3) is 0.529. The Hall–Kier alpha value is -1.28. The summed E-state index contributed by atoms with van der Waals surface area (Å²) in [6.07, 6.45) is 4.87. The van der Waals surface area contributed by atoms with Crippen LogP contribution >= 0.6 is 0 Å². The predicted molar refractivity (Wildman–Crippen MR) is 81.5 cm³/mol. The van der Waals surface area contributed by atoms with E-state index in [1.807, 2.05) is 0 Å². The van der Waals surface area contributed by atoms with Gasteiger partial charge in [-0.1, -0.05) is 18.2 Å². The van der Waals surface area contributed by atoms with Gasteiger partial charge in [0.05, 0.1) is 0 Å². The average Bonchev–Trinajstić information content (AvgIpc) is 2.83. The molecule has 0 atom stereocenters. The highest BCUT2D eigenvalue weighted by Crippen LogP contribution is 2.36. The van der Waals surface area contributed by atoms with Crippen molar-refractivity contribution in [1.29, 1.82) is 0 Å². The van der Waals surface area contributed by atoms with E-state index in [1.165, 1.54) is 36.8 Å². The van der Waals surface area contributed by atoms with Gasteiger partial charge in [-0.3, -0.25) is 0 Å². The van der Waals surface area contributed by atoms with Crippen LogP contribution in [-0.2, 0) is 5.54 Å². The fourth-order valence-corrected chi connectivity index (χ4v) is 3.50. The van der Waals surface area contributed by atoms with E-state index < -0.39 is 0 Å². The molecule has 0 amide bonds. The molecule has 0 aliphatic carbocycles. The molecule has 0 spiro atoms. The largest absolute Gasteiger partial charge is 0.342 e. The zero-order valence-electron chi connectivity index (χ0n) is 12.3. The summed E-state index contributed by atoms with van der Waals surface area (Å²) in [6, 6.07) is 11.0. The van der Waals surface area contributed by atoms with Crippen LogP contribution in [0.4, 0.5) is 0 Å². The lowest BCUT2D eigenvalue weighted by Gasteiger charge is -2.41. The molecule has 1 aromatic heterocycles. The van der Waals surface area contributed by atoms with Crippen molar-refractivity contribution in [1.82, 2.24) is 9.47 Å². The second-order valence-corrected chi connectivity index (χ2v) is 6.48. The summed E-state index contributed by atoms with van der Waals surface area (Å²) in [5.74, 6) is 0.763. The molecule has 1 aliphatic rings. The molecule has 0 N–H and O–H groups in total. The van der Waals surface area contributed by atoms with Gasteiger partial charge in [0.15, 0.2) is 0 Å². The van der Waals surface area contributed by atoms with Gasteiger partial charge in [-0.15, -0.1) is 0 Å². The smallest absolute Gasteiger partial charge is 0.0485 e. The highest BCUT2D eigenvalue weighted by Gasteiger charge is 2.33. The third-order valence-electron chi connectivity index (χ3n) is 4.94. The Bertz CT molecular complexity index is 559. The molecule has 0 radical (unpaired) electrons. The van der Waals surface area contributed by atoms with Crippen LogP contribution in [0, 0.1) is 5.92 Å². The van der Waals surface area contributed by atoms with E-state index in [2.05, 4.69) is 66.9 Å². The number of rotatable bonds is 2. The molecular formula is C17H24N2. The molecule has 102 valence electrons. The number of hydrogen-bond acceptors (Lipinski definition) is 1. The third-order valence-corrected chi connectivity index (χ3v) is 4.94. The first-order valence-corrected chi connectivity index (χ1v) is 7.34. The molecule has 3 rings (SSSR count). The average molecular weight is 256 g/mol. The molecule has 0 unspecified atom stereocenters. The number of fused-ring (bicyclic) bond motifs is 1. The minimum atomic E-state index is 0.199. The van der Waals surface area contributed by atoms with Crippen molar-refractivity contribution >= 4 is 10.9 Å². The zero-order chi connectivity index (χ0) is 13.5. The zero-order valence-corrected chi connectivity index (χ0v) is 12.3. The molecule has 0 saturated carbocycles. The Balaban J connectivity index is 1.95. The van der Waals surface area contributed by atoms with Crippen molar-refractivity contribution in [3.05, 3.63) is 36.5 Å². The quantitative estimate of drug-likeness (QED) is 0.795. The standard InChI is InChI=1S/C17H24N2/c1-17(2,15-9-11-18(3)12-10-15)19-13-8-14-6-4-5-7-16(14)19/h4-8,13,15H,9-12H2,1-3H3. The number of likely N-dealkylation sites (tertiary alicyclic amines) is 1. The van der Waals surface area contributed by atoms with Crippen LogP contribution in [0.2, 0.25) is 0 Å². The van der Waals surface area contributed by atoms with Crippen LogP contribution in [0.25, 0.3) is 10.9 Å². The van der Waals surface area contributed by atoms with Gasteiger partial charge in [0.25, 0.3) is 0 Å². The molecule has 1 saturated heterocycles. The molecule has 1 aliphatic heterocycles. The van der Waals surface area contributed by atoms with Gasteiger partial charge < -0.3 is 9.47 Å². The third kappa shape index (κ3) is 2.18. The van der Waals surface area contributed by atoms with E-state index in [0.29, 0.717) is 0 Å². The molecule has 1 fully saturated rings. The molecule has 2 nitrogen and oxygen atoms in total. The number of aromatic nitrogens is 1. The number of piperidine rings is 1. The summed E-state index contributed by atoms with van der Waals surface area (Å²) in [5.41, 5.74) is 1.57. The van der Waals surface area contributed by atoms with E-state index >= 15 is 0 Å². The van der Waals surface area contributed by atoms with E-state index in [1.54, 1.807) is 0 Å². The lowest BCUT2D eigenvalue weighted by atomic mass is 9.80. The van der Waals surface area contributed by atoms with Gasteiger partial charge in [-0.25, -0.2) is 0 Å². The maximum absolute atomic E-state index is 2.48. The first-order valence-electron chi connectivity index (χ1n) is 7.34. The van der Waals surface area contributed by atoms with Crippen molar-refractivity contribution in [3.63, 3.8) is 0 Å². The van der Waals surface area contributed by atoms with Crippen molar-refractivity contribution in [2.75, 3.05) is 20.1 Å². The Kier molecular flexibility index (Phi) is 3.14. The lowest BCUT2D eigenvalue weighted by molar-refractivity contribution is 0.123. The van der Waals surface area contributed by atoms with Gasteiger partial charge in [0.1, 0.15) is 0 Å². The number of hydrogen-bond donors (Lipinski definition) is 0. The maximum atomic E-state index is 2.48. The minimum Gasteiger partial charge on any atom is -0.342 e. The SMILES string of the molecule is CN1CCC(C(C)(C)n2ccc3ccccc32)CC1. The molecule has 2 heteroatoms. The first kappa shape index (κ1) is 12.7. The second kappa shape index (κ2) is 4.68. The van der Waals surface area contributed by atoms with Gasteiger partial charge in [0, 0.05) is 17.3 Å². The van der Waals surface area contributed by atoms with Crippen molar-refractivity contribution < 1.29 is 0 Å². The minimum absolute atomic E-state index is 0.199. The summed E-state index contributed by atoms with van der Waals surface area (Å²) in [6.45, 7) is 7.26. The van der Waals surface area contributed by atoms with E-state index in [4.69, 9.17) is 0 Å². The molecule has 1 aromatic carbocycles. The summed E-state index contributed by atoms with van der Waals surface area (Å²) >= 11 is 0. The van der Waals surface area contributed by atoms with Crippen LogP contribution in [-0.4, -0.2) is 29.6 Å². The topological polar surface area (TPSA) is 8.17 Å². The summed E-state index contributed by atoms with van der Waals surface area (Å²) < 4.78 is 2.48.